The van der Waals surface area contributed by atoms with E-state index in [0.717, 1.165) is 70.7 Å². The molecule has 0 radical (unpaired) electrons. The Morgan fingerprint density at radius 2 is 1.76 bits per heavy atom. The fourth-order valence-corrected chi connectivity index (χ4v) is 5.99. The van der Waals surface area contributed by atoms with Gasteiger partial charge >= 0.3 is 6.18 Å². The van der Waals surface area contributed by atoms with E-state index in [-0.39, 0.29) is 24.2 Å². The highest BCUT2D eigenvalue weighted by Crippen LogP contribution is 2.42. The van der Waals surface area contributed by atoms with Gasteiger partial charge in [0.25, 0.3) is 0 Å². The standard InChI is InChI=1S/C26H31F5N4O2/c1-2-37-22-4-3-19(23(27)24(22)28)21-11-20(26(29,30)31)25(34-33-21)32-18-9-16-13-35(14-17(16)10-18)12-15-5-7-36-8-6-15/h3-4,11,15-18H,2,5-10,12-14H2,1H3,(H,32,34)/t16-,17+,18?. The predicted octanol–water partition coefficient (Wildman–Crippen LogP) is 5.39. The van der Waals surface area contributed by atoms with Crippen molar-refractivity contribution in [1.82, 2.24) is 15.1 Å². The number of nitrogens with one attached hydrogen (secondary N) is 1. The van der Waals surface area contributed by atoms with Gasteiger partial charge < -0.3 is 19.7 Å². The molecule has 2 saturated heterocycles. The molecular formula is C26H31F5N4O2. The summed E-state index contributed by atoms with van der Waals surface area (Å²) in [5.41, 5.74) is -1.86. The third-order valence-corrected chi connectivity index (χ3v) is 7.75. The van der Waals surface area contributed by atoms with Gasteiger partial charge in [0, 0.05) is 44.5 Å². The zero-order valence-corrected chi connectivity index (χ0v) is 20.7. The van der Waals surface area contributed by atoms with Crippen LogP contribution in [0, 0.1) is 29.4 Å². The van der Waals surface area contributed by atoms with E-state index in [1.807, 2.05) is 0 Å². The normalized spacial score (nSPS) is 24.9. The van der Waals surface area contributed by atoms with Gasteiger partial charge in [-0.3, -0.25) is 0 Å². The number of halogens is 5. The van der Waals surface area contributed by atoms with Gasteiger partial charge in [0.2, 0.25) is 5.82 Å². The zero-order valence-electron chi connectivity index (χ0n) is 20.7. The fourth-order valence-electron chi connectivity index (χ4n) is 5.99. The van der Waals surface area contributed by atoms with Gasteiger partial charge in [0.15, 0.2) is 17.4 Å². The van der Waals surface area contributed by atoms with Crippen LogP contribution in [0.25, 0.3) is 11.3 Å². The molecule has 1 aliphatic carbocycles. The van der Waals surface area contributed by atoms with E-state index in [1.165, 1.54) is 6.07 Å². The van der Waals surface area contributed by atoms with E-state index in [0.29, 0.717) is 17.8 Å². The first kappa shape index (κ1) is 26.1. The van der Waals surface area contributed by atoms with E-state index in [9.17, 15) is 22.0 Å². The average molecular weight is 527 g/mol. The summed E-state index contributed by atoms with van der Waals surface area (Å²) in [6.45, 7) is 6.34. The molecule has 1 N–H and O–H groups in total. The average Bonchev–Trinajstić information content (AvgIpc) is 3.40. The Balaban J connectivity index is 1.28. The second-order valence-electron chi connectivity index (χ2n) is 10.3. The molecule has 11 heteroatoms. The van der Waals surface area contributed by atoms with Crippen molar-refractivity contribution in [3.8, 4) is 17.0 Å². The third kappa shape index (κ3) is 5.67. The first-order valence-electron chi connectivity index (χ1n) is 12.9. The molecule has 1 saturated carbocycles. The van der Waals surface area contributed by atoms with Gasteiger partial charge in [-0.2, -0.15) is 17.6 Å². The summed E-state index contributed by atoms with van der Waals surface area (Å²) in [5, 5.41) is 10.5. The van der Waals surface area contributed by atoms with Gasteiger partial charge in [0.05, 0.1) is 12.3 Å². The lowest BCUT2D eigenvalue weighted by Crippen LogP contribution is -2.32. The second-order valence-corrected chi connectivity index (χ2v) is 10.3. The molecule has 5 rings (SSSR count). The first-order valence-corrected chi connectivity index (χ1v) is 12.9. The van der Waals surface area contributed by atoms with Crippen molar-refractivity contribution in [2.24, 2.45) is 17.8 Å². The number of alkyl halides is 3. The van der Waals surface area contributed by atoms with Crippen LogP contribution in [-0.2, 0) is 10.9 Å². The molecule has 3 heterocycles. The van der Waals surface area contributed by atoms with E-state index < -0.39 is 34.6 Å². The molecule has 0 amide bonds. The van der Waals surface area contributed by atoms with Crippen molar-refractivity contribution < 1.29 is 31.4 Å². The minimum Gasteiger partial charge on any atom is -0.491 e. The van der Waals surface area contributed by atoms with Crippen LogP contribution in [0.2, 0.25) is 0 Å². The molecule has 202 valence electrons. The van der Waals surface area contributed by atoms with E-state index in [1.54, 1.807) is 6.92 Å². The van der Waals surface area contributed by atoms with Crippen molar-refractivity contribution in [3.05, 3.63) is 35.4 Å². The Labute approximate surface area is 212 Å². The Hall–Kier alpha value is -2.53. The summed E-state index contributed by atoms with van der Waals surface area (Å²) in [5.74, 6) is -1.79. The smallest absolute Gasteiger partial charge is 0.420 e. The highest BCUT2D eigenvalue weighted by molar-refractivity contribution is 5.64. The maximum Gasteiger partial charge on any atom is 0.420 e. The maximum atomic E-state index is 14.6. The number of aromatic nitrogens is 2. The van der Waals surface area contributed by atoms with Crippen molar-refractivity contribution in [1.29, 1.82) is 0 Å². The van der Waals surface area contributed by atoms with Crippen molar-refractivity contribution >= 4 is 5.82 Å². The van der Waals surface area contributed by atoms with Crippen molar-refractivity contribution in [2.75, 3.05) is 44.8 Å². The number of nitrogens with zero attached hydrogens (tertiary/aromatic N) is 3. The molecule has 2 aliphatic heterocycles. The number of likely N-dealkylation sites (tertiary alicyclic amines) is 1. The lowest BCUT2D eigenvalue weighted by molar-refractivity contribution is -0.137. The molecule has 3 aliphatic rings. The Morgan fingerprint density at radius 1 is 1.05 bits per heavy atom. The molecule has 6 nitrogen and oxygen atoms in total. The van der Waals surface area contributed by atoms with Gasteiger partial charge in [-0.25, -0.2) is 4.39 Å². The molecule has 1 unspecified atom stereocenters. The number of rotatable bonds is 7. The van der Waals surface area contributed by atoms with Crippen LogP contribution in [0.1, 0.15) is 38.2 Å². The summed E-state index contributed by atoms with van der Waals surface area (Å²) in [7, 11) is 0. The number of anilines is 1. The SMILES string of the molecule is CCOc1ccc(-c2cc(C(F)(F)F)c(NC3C[C@@H]4CN(CC5CCOCC5)C[C@@H]4C3)nn2)c(F)c1F. The quantitative estimate of drug-likeness (QED) is 0.489. The Bertz CT molecular complexity index is 1100. The predicted molar refractivity (Wildman–Crippen MR) is 127 cm³/mol. The number of ether oxygens (including phenoxy) is 2. The Morgan fingerprint density at radius 3 is 2.41 bits per heavy atom. The topological polar surface area (TPSA) is 59.5 Å². The van der Waals surface area contributed by atoms with Crippen LogP contribution >= 0.6 is 0 Å². The van der Waals surface area contributed by atoms with E-state index in [4.69, 9.17) is 9.47 Å². The third-order valence-electron chi connectivity index (χ3n) is 7.75. The summed E-state index contributed by atoms with van der Waals surface area (Å²) in [6, 6.07) is 2.88. The molecule has 1 aromatic heterocycles. The summed E-state index contributed by atoms with van der Waals surface area (Å²) in [4.78, 5) is 2.49. The fraction of sp³-hybridized carbons (Fsp3) is 0.615. The Kier molecular flexibility index (Phi) is 7.53. The monoisotopic (exact) mass is 526 g/mol. The molecular weight excluding hydrogens is 495 g/mol. The highest BCUT2D eigenvalue weighted by atomic mass is 19.4. The summed E-state index contributed by atoms with van der Waals surface area (Å²) in [6.07, 6.45) is -1.07. The van der Waals surface area contributed by atoms with Crippen LogP contribution in [0.15, 0.2) is 18.2 Å². The molecule has 2 aromatic rings. The number of fused-ring (bicyclic) bond motifs is 1. The second kappa shape index (κ2) is 10.7. The van der Waals surface area contributed by atoms with Crippen LogP contribution in [0.3, 0.4) is 0 Å². The summed E-state index contributed by atoms with van der Waals surface area (Å²) >= 11 is 0. The molecule has 3 atom stereocenters. The zero-order chi connectivity index (χ0) is 26.2. The van der Waals surface area contributed by atoms with Gasteiger partial charge in [0.1, 0.15) is 5.56 Å². The number of hydrogen-bond donors (Lipinski definition) is 1. The highest BCUT2D eigenvalue weighted by Gasteiger charge is 2.43. The maximum absolute atomic E-state index is 14.6. The largest absolute Gasteiger partial charge is 0.491 e. The van der Waals surface area contributed by atoms with Gasteiger partial charge in [-0.05, 0) is 68.6 Å². The molecule has 1 aromatic carbocycles. The summed E-state index contributed by atoms with van der Waals surface area (Å²) < 4.78 is 81.2. The lowest BCUT2D eigenvalue weighted by atomic mass is 10.00. The van der Waals surface area contributed by atoms with Gasteiger partial charge in [-0.15, -0.1) is 10.2 Å². The van der Waals surface area contributed by atoms with Crippen LogP contribution in [0.5, 0.6) is 5.75 Å². The minimum atomic E-state index is -4.75. The molecule has 0 spiro atoms. The minimum absolute atomic E-state index is 0.116. The van der Waals surface area contributed by atoms with E-state index >= 15 is 0 Å². The van der Waals surface area contributed by atoms with Crippen LogP contribution in [0.4, 0.5) is 27.8 Å². The molecule has 37 heavy (non-hydrogen) atoms. The lowest BCUT2D eigenvalue weighted by Gasteiger charge is -2.28. The van der Waals surface area contributed by atoms with Crippen LogP contribution < -0.4 is 10.1 Å². The van der Waals surface area contributed by atoms with Gasteiger partial charge in [-0.1, -0.05) is 0 Å². The van der Waals surface area contributed by atoms with Crippen LogP contribution in [-0.4, -0.2) is 60.6 Å². The van der Waals surface area contributed by atoms with Crippen molar-refractivity contribution in [3.63, 3.8) is 0 Å². The van der Waals surface area contributed by atoms with E-state index in [2.05, 4.69) is 20.4 Å². The molecule has 3 fully saturated rings. The van der Waals surface area contributed by atoms with Crippen molar-refractivity contribution in [2.45, 2.75) is 44.8 Å². The molecule has 0 bridgehead atoms. The number of hydrogen-bond acceptors (Lipinski definition) is 6. The number of benzene rings is 1. The first-order chi connectivity index (χ1) is 17.7.